The third-order valence-corrected chi connectivity index (χ3v) is 5.75. The molecule has 0 radical (unpaired) electrons. The molecule has 0 aliphatic carbocycles. The summed E-state index contributed by atoms with van der Waals surface area (Å²) in [4.78, 5) is 27.8. The number of nitrogens with zero attached hydrogens (tertiary/aromatic N) is 1. The molecule has 1 amide bonds. The van der Waals surface area contributed by atoms with E-state index in [0.717, 1.165) is 12.1 Å². The Kier molecular flexibility index (Phi) is 7.33. The second-order valence-electron chi connectivity index (χ2n) is 7.81. The van der Waals surface area contributed by atoms with Crippen molar-refractivity contribution in [3.05, 3.63) is 59.2 Å². The van der Waals surface area contributed by atoms with Crippen LogP contribution in [-0.4, -0.2) is 50.7 Å². The molecule has 0 saturated carbocycles. The van der Waals surface area contributed by atoms with Crippen molar-refractivity contribution in [2.75, 3.05) is 33.9 Å². The Bertz CT molecular complexity index is 996. The van der Waals surface area contributed by atoms with Crippen LogP contribution in [-0.2, 0) is 16.0 Å². The number of esters is 1. The molecule has 0 N–H and O–H groups in total. The number of rotatable bonds is 7. The SMILES string of the molecule is CCOC(=O)[C@@]1(Cc2ccc(F)cc2F)CCCN(C(=O)c2ccc(OC)c(OC)c2)C1. The zero-order valence-electron chi connectivity index (χ0n) is 18.5. The minimum Gasteiger partial charge on any atom is -0.493 e. The van der Waals surface area contributed by atoms with E-state index in [-0.39, 0.29) is 31.0 Å². The first-order valence-corrected chi connectivity index (χ1v) is 10.5. The Morgan fingerprint density at radius 3 is 2.47 bits per heavy atom. The Labute approximate surface area is 186 Å². The first kappa shape index (κ1) is 23.5. The standard InChI is InChI=1S/C24H27F2NO5/c1-4-32-23(29)24(14-17-6-8-18(25)13-19(17)26)10-5-11-27(15-24)22(28)16-7-9-20(30-2)21(12-16)31-3/h6-9,12-13H,4-5,10-11,14-15H2,1-3H3/t24-/m1/s1. The highest BCUT2D eigenvalue weighted by molar-refractivity contribution is 5.95. The van der Waals surface area contributed by atoms with Gasteiger partial charge >= 0.3 is 5.97 Å². The van der Waals surface area contributed by atoms with Crippen molar-refractivity contribution >= 4 is 11.9 Å². The minimum atomic E-state index is -1.13. The van der Waals surface area contributed by atoms with Gasteiger partial charge in [0.25, 0.3) is 5.91 Å². The van der Waals surface area contributed by atoms with E-state index in [1.807, 2.05) is 0 Å². The number of carbonyl (C=O) groups excluding carboxylic acids is 2. The maximum absolute atomic E-state index is 14.4. The molecule has 2 aromatic rings. The second kappa shape index (κ2) is 9.97. The number of benzene rings is 2. The van der Waals surface area contributed by atoms with E-state index >= 15 is 0 Å². The summed E-state index contributed by atoms with van der Waals surface area (Å²) in [5, 5.41) is 0. The average Bonchev–Trinajstić information content (AvgIpc) is 2.80. The number of piperidine rings is 1. The summed E-state index contributed by atoms with van der Waals surface area (Å²) in [5.41, 5.74) is -0.533. The predicted octanol–water partition coefficient (Wildman–Crippen LogP) is 4.01. The zero-order valence-corrected chi connectivity index (χ0v) is 18.5. The summed E-state index contributed by atoms with van der Waals surface area (Å²) in [5.74, 6) is -1.27. The van der Waals surface area contributed by atoms with Crippen LogP contribution in [0.4, 0.5) is 8.78 Å². The lowest BCUT2D eigenvalue weighted by Crippen LogP contribution is -2.51. The molecule has 1 aliphatic heterocycles. The molecule has 6 nitrogen and oxygen atoms in total. The highest BCUT2D eigenvalue weighted by atomic mass is 19.1. The molecule has 1 aliphatic rings. The van der Waals surface area contributed by atoms with Crippen LogP contribution >= 0.6 is 0 Å². The topological polar surface area (TPSA) is 65.1 Å². The van der Waals surface area contributed by atoms with Crippen LogP contribution in [0, 0.1) is 17.0 Å². The normalized spacial score (nSPS) is 18.2. The molecular formula is C24H27F2NO5. The third kappa shape index (κ3) is 4.84. The number of hydrogen-bond acceptors (Lipinski definition) is 5. The fraction of sp³-hybridized carbons (Fsp3) is 0.417. The fourth-order valence-corrected chi connectivity index (χ4v) is 4.15. The van der Waals surface area contributed by atoms with Gasteiger partial charge in [-0.25, -0.2) is 8.78 Å². The van der Waals surface area contributed by atoms with Crippen molar-refractivity contribution < 1.29 is 32.6 Å². The third-order valence-electron chi connectivity index (χ3n) is 5.75. The first-order valence-electron chi connectivity index (χ1n) is 10.5. The summed E-state index contributed by atoms with van der Waals surface area (Å²) in [6.07, 6.45) is 0.979. The molecule has 0 unspecified atom stereocenters. The lowest BCUT2D eigenvalue weighted by molar-refractivity contribution is -0.158. The highest BCUT2D eigenvalue weighted by Crippen LogP contribution is 2.37. The van der Waals surface area contributed by atoms with Crippen molar-refractivity contribution in [2.24, 2.45) is 5.41 Å². The number of hydrogen-bond donors (Lipinski definition) is 0. The Morgan fingerprint density at radius 1 is 1.06 bits per heavy atom. The first-order chi connectivity index (χ1) is 15.3. The van der Waals surface area contributed by atoms with E-state index in [1.54, 1.807) is 30.0 Å². The van der Waals surface area contributed by atoms with Gasteiger partial charge in [0.15, 0.2) is 11.5 Å². The maximum atomic E-state index is 14.4. The number of methoxy groups -OCH3 is 2. The lowest BCUT2D eigenvalue weighted by Gasteiger charge is -2.41. The highest BCUT2D eigenvalue weighted by Gasteiger charge is 2.45. The van der Waals surface area contributed by atoms with Gasteiger partial charge in [-0.15, -0.1) is 0 Å². The maximum Gasteiger partial charge on any atom is 0.314 e. The lowest BCUT2D eigenvalue weighted by atomic mass is 9.74. The number of amides is 1. The van der Waals surface area contributed by atoms with Crippen LogP contribution in [0.3, 0.4) is 0 Å². The molecule has 1 saturated heterocycles. The zero-order chi connectivity index (χ0) is 23.3. The molecule has 8 heteroatoms. The minimum absolute atomic E-state index is 0.00760. The van der Waals surface area contributed by atoms with Crippen LogP contribution in [0.2, 0.25) is 0 Å². The van der Waals surface area contributed by atoms with Crippen LogP contribution in [0.15, 0.2) is 36.4 Å². The molecule has 172 valence electrons. The van der Waals surface area contributed by atoms with Gasteiger partial charge in [0.2, 0.25) is 0 Å². The van der Waals surface area contributed by atoms with Gasteiger partial charge in [0.1, 0.15) is 11.6 Å². The largest absolute Gasteiger partial charge is 0.493 e. The molecule has 2 aromatic carbocycles. The molecule has 0 aromatic heterocycles. The quantitative estimate of drug-likeness (QED) is 0.600. The summed E-state index contributed by atoms with van der Waals surface area (Å²) < 4.78 is 43.6. The average molecular weight is 447 g/mol. The van der Waals surface area contributed by atoms with E-state index in [0.29, 0.717) is 36.4 Å². The van der Waals surface area contributed by atoms with E-state index in [2.05, 4.69) is 0 Å². The van der Waals surface area contributed by atoms with E-state index in [9.17, 15) is 18.4 Å². The number of halogens is 2. The fourth-order valence-electron chi connectivity index (χ4n) is 4.15. The van der Waals surface area contributed by atoms with Gasteiger partial charge in [-0.2, -0.15) is 0 Å². The molecule has 1 fully saturated rings. The molecule has 3 rings (SSSR count). The number of carbonyl (C=O) groups is 2. The Balaban J connectivity index is 1.91. The Hall–Kier alpha value is -3.16. The van der Waals surface area contributed by atoms with Gasteiger partial charge in [-0.1, -0.05) is 6.07 Å². The van der Waals surface area contributed by atoms with Crippen molar-refractivity contribution in [2.45, 2.75) is 26.2 Å². The molecule has 1 heterocycles. The molecule has 0 bridgehead atoms. The molecule has 1 atom stereocenters. The number of likely N-dealkylation sites (tertiary alicyclic amines) is 1. The smallest absolute Gasteiger partial charge is 0.314 e. The van der Waals surface area contributed by atoms with Crippen LogP contribution in [0.5, 0.6) is 11.5 Å². The molecular weight excluding hydrogens is 420 g/mol. The summed E-state index contributed by atoms with van der Waals surface area (Å²) >= 11 is 0. The van der Waals surface area contributed by atoms with Crippen molar-refractivity contribution in [1.29, 1.82) is 0 Å². The predicted molar refractivity (Wildman–Crippen MR) is 114 cm³/mol. The van der Waals surface area contributed by atoms with Crippen LogP contribution < -0.4 is 9.47 Å². The summed E-state index contributed by atoms with van der Waals surface area (Å²) in [6.45, 7) is 2.37. The number of ether oxygens (including phenoxy) is 3. The van der Waals surface area contributed by atoms with Crippen LogP contribution in [0.25, 0.3) is 0 Å². The van der Waals surface area contributed by atoms with E-state index < -0.39 is 23.0 Å². The monoisotopic (exact) mass is 447 g/mol. The second-order valence-corrected chi connectivity index (χ2v) is 7.81. The van der Waals surface area contributed by atoms with Crippen molar-refractivity contribution in [1.82, 2.24) is 4.90 Å². The van der Waals surface area contributed by atoms with Gasteiger partial charge in [0.05, 0.1) is 26.2 Å². The van der Waals surface area contributed by atoms with Crippen LogP contribution in [0.1, 0.15) is 35.7 Å². The van der Waals surface area contributed by atoms with Crippen molar-refractivity contribution in [3.8, 4) is 11.5 Å². The molecule has 0 spiro atoms. The molecule has 32 heavy (non-hydrogen) atoms. The summed E-state index contributed by atoms with van der Waals surface area (Å²) in [6, 6.07) is 8.14. The van der Waals surface area contributed by atoms with Crippen molar-refractivity contribution in [3.63, 3.8) is 0 Å². The van der Waals surface area contributed by atoms with Gasteiger partial charge in [-0.05, 0) is 56.0 Å². The Morgan fingerprint density at radius 2 is 1.81 bits per heavy atom. The van der Waals surface area contributed by atoms with Gasteiger partial charge < -0.3 is 19.1 Å². The van der Waals surface area contributed by atoms with Gasteiger partial charge in [0, 0.05) is 24.7 Å². The summed E-state index contributed by atoms with van der Waals surface area (Å²) in [7, 11) is 2.99. The van der Waals surface area contributed by atoms with Gasteiger partial charge in [-0.3, -0.25) is 9.59 Å². The van der Waals surface area contributed by atoms with E-state index in [4.69, 9.17) is 14.2 Å². The van der Waals surface area contributed by atoms with E-state index in [1.165, 1.54) is 20.3 Å².